The smallest absolute Gasteiger partial charge is 0.104 e. The summed E-state index contributed by atoms with van der Waals surface area (Å²) in [4.78, 5) is 7.45. The Bertz CT molecular complexity index is 407. The molecule has 0 atom stereocenters. The summed E-state index contributed by atoms with van der Waals surface area (Å²) >= 11 is 5.70. The number of aromatic amines is 1. The van der Waals surface area contributed by atoms with Crippen LogP contribution in [0, 0.1) is 6.92 Å². The van der Waals surface area contributed by atoms with E-state index in [1.54, 1.807) is 0 Å². The highest BCUT2D eigenvalue weighted by atomic mass is 35.5. The number of fused-ring (bicyclic) bond motifs is 1. The van der Waals surface area contributed by atoms with E-state index in [0.717, 1.165) is 22.4 Å². The van der Waals surface area contributed by atoms with Gasteiger partial charge in [-0.2, -0.15) is 0 Å². The number of aromatic nitrogens is 2. The second-order valence-corrected chi connectivity index (χ2v) is 3.07. The molecule has 0 unspecified atom stereocenters. The molecule has 0 aliphatic heterocycles. The lowest BCUT2D eigenvalue weighted by Crippen LogP contribution is -1.76. The molecule has 1 heterocycles. The molecule has 0 saturated heterocycles. The molecule has 0 spiro atoms. The maximum atomic E-state index is 5.70. The Morgan fingerprint density at radius 1 is 1.36 bits per heavy atom. The van der Waals surface area contributed by atoms with Gasteiger partial charge in [0, 0.05) is 5.88 Å². The maximum absolute atomic E-state index is 5.70. The normalized spacial score (nSPS) is 9.71. The van der Waals surface area contributed by atoms with Gasteiger partial charge in [-0.1, -0.05) is 19.9 Å². The molecular formula is C11H15ClN2. The molecule has 0 radical (unpaired) electrons. The zero-order valence-electron chi connectivity index (χ0n) is 8.76. The fourth-order valence-corrected chi connectivity index (χ4v) is 1.43. The molecule has 1 aromatic heterocycles. The summed E-state index contributed by atoms with van der Waals surface area (Å²) in [6.45, 7) is 5.94. The van der Waals surface area contributed by atoms with E-state index in [2.05, 4.69) is 9.97 Å². The van der Waals surface area contributed by atoms with Crippen LogP contribution < -0.4 is 0 Å². The van der Waals surface area contributed by atoms with Gasteiger partial charge in [0.15, 0.2) is 0 Å². The Hall–Kier alpha value is -1.02. The standard InChI is InChI=1S/C9H9ClN2.C2H6/c1-6-11-8-3-2-7(5-10)4-9(8)12-6;1-2/h2-4H,5H2,1H3,(H,11,12);1-2H3. The van der Waals surface area contributed by atoms with Gasteiger partial charge in [0.1, 0.15) is 5.82 Å². The highest BCUT2D eigenvalue weighted by Crippen LogP contribution is 2.14. The highest BCUT2D eigenvalue weighted by Gasteiger charge is 1.98. The Morgan fingerprint density at radius 3 is 2.71 bits per heavy atom. The molecule has 76 valence electrons. The number of hydrogen-bond donors (Lipinski definition) is 1. The minimum Gasteiger partial charge on any atom is -0.342 e. The van der Waals surface area contributed by atoms with Gasteiger partial charge in [-0.15, -0.1) is 11.6 Å². The lowest BCUT2D eigenvalue weighted by atomic mass is 10.2. The topological polar surface area (TPSA) is 28.7 Å². The predicted molar refractivity (Wildman–Crippen MR) is 61.7 cm³/mol. The van der Waals surface area contributed by atoms with Crippen molar-refractivity contribution in [3.05, 3.63) is 29.6 Å². The quantitative estimate of drug-likeness (QED) is 0.716. The summed E-state index contributed by atoms with van der Waals surface area (Å²) in [5.74, 6) is 1.49. The molecule has 2 nitrogen and oxygen atoms in total. The summed E-state index contributed by atoms with van der Waals surface area (Å²) < 4.78 is 0. The summed E-state index contributed by atoms with van der Waals surface area (Å²) in [5, 5.41) is 0. The van der Waals surface area contributed by atoms with Crippen molar-refractivity contribution >= 4 is 22.6 Å². The van der Waals surface area contributed by atoms with Crippen LogP contribution in [0.1, 0.15) is 25.2 Å². The number of H-pyrrole nitrogens is 1. The first kappa shape index (κ1) is 11.1. The first-order valence-corrected chi connectivity index (χ1v) is 5.34. The molecule has 0 saturated carbocycles. The van der Waals surface area contributed by atoms with E-state index in [9.17, 15) is 0 Å². The molecule has 0 bridgehead atoms. The van der Waals surface area contributed by atoms with Gasteiger partial charge in [0.25, 0.3) is 0 Å². The number of benzene rings is 1. The fraction of sp³-hybridized carbons (Fsp3) is 0.364. The molecule has 3 heteroatoms. The van der Waals surface area contributed by atoms with Crippen molar-refractivity contribution in [3.63, 3.8) is 0 Å². The van der Waals surface area contributed by atoms with E-state index < -0.39 is 0 Å². The molecule has 0 amide bonds. The minimum absolute atomic E-state index is 0.550. The molecule has 0 fully saturated rings. The molecule has 0 aliphatic rings. The monoisotopic (exact) mass is 210 g/mol. The molecule has 1 N–H and O–H groups in total. The van der Waals surface area contributed by atoms with E-state index in [1.807, 2.05) is 39.0 Å². The second-order valence-electron chi connectivity index (χ2n) is 2.81. The minimum atomic E-state index is 0.550. The van der Waals surface area contributed by atoms with Crippen LogP contribution in [0.5, 0.6) is 0 Å². The van der Waals surface area contributed by atoms with Crippen molar-refractivity contribution in [1.29, 1.82) is 0 Å². The molecule has 2 rings (SSSR count). The van der Waals surface area contributed by atoms with Crippen LogP contribution in [-0.2, 0) is 5.88 Å². The van der Waals surface area contributed by atoms with Crippen LogP contribution >= 0.6 is 11.6 Å². The average Bonchev–Trinajstić information content (AvgIpc) is 2.59. The largest absolute Gasteiger partial charge is 0.342 e. The average molecular weight is 211 g/mol. The first-order chi connectivity index (χ1) is 6.79. The van der Waals surface area contributed by atoms with Gasteiger partial charge in [0.05, 0.1) is 11.0 Å². The Kier molecular flexibility index (Phi) is 3.96. The number of nitrogens with one attached hydrogen (secondary N) is 1. The van der Waals surface area contributed by atoms with Crippen LogP contribution in [0.2, 0.25) is 0 Å². The number of hydrogen-bond acceptors (Lipinski definition) is 1. The molecular weight excluding hydrogens is 196 g/mol. The summed E-state index contributed by atoms with van der Waals surface area (Å²) in [6, 6.07) is 6.01. The van der Waals surface area contributed by atoms with Crippen LogP contribution in [0.25, 0.3) is 11.0 Å². The van der Waals surface area contributed by atoms with E-state index in [1.165, 1.54) is 0 Å². The van der Waals surface area contributed by atoms with E-state index >= 15 is 0 Å². The van der Waals surface area contributed by atoms with Crippen molar-refractivity contribution in [2.75, 3.05) is 0 Å². The van der Waals surface area contributed by atoms with E-state index in [4.69, 9.17) is 11.6 Å². The molecule has 2 aromatic rings. The van der Waals surface area contributed by atoms with Crippen molar-refractivity contribution in [1.82, 2.24) is 9.97 Å². The third kappa shape index (κ3) is 2.26. The van der Waals surface area contributed by atoms with E-state index in [-0.39, 0.29) is 0 Å². The van der Waals surface area contributed by atoms with Crippen molar-refractivity contribution < 1.29 is 0 Å². The Morgan fingerprint density at radius 2 is 2.07 bits per heavy atom. The number of halogens is 1. The van der Waals surface area contributed by atoms with Gasteiger partial charge in [-0.25, -0.2) is 4.98 Å². The van der Waals surface area contributed by atoms with Gasteiger partial charge < -0.3 is 4.98 Å². The molecule has 14 heavy (non-hydrogen) atoms. The number of imidazole rings is 1. The molecule has 0 aliphatic carbocycles. The van der Waals surface area contributed by atoms with E-state index in [0.29, 0.717) is 5.88 Å². The second kappa shape index (κ2) is 5.01. The third-order valence-electron chi connectivity index (χ3n) is 1.82. The van der Waals surface area contributed by atoms with Gasteiger partial charge in [-0.05, 0) is 24.6 Å². The Balaban J connectivity index is 0.000000461. The predicted octanol–water partition coefficient (Wildman–Crippen LogP) is 3.64. The zero-order valence-corrected chi connectivity index (χ0v) is 9.52. The number of alkyl halides is 1. The lowest BCUT2D eigenvalue weighted by Gasteiger charge is -1.92. The van der Waals surface area contributed by atoms with Crippen LogP contribution in [0.4, 0.5) is 0 Å². The van der Waals surface area contributed by atoms with Crippen molar-refractivity contribution in [2.24, 2.45) is 0 Å². The van der Waals surface area contributed by atoms with Crippen molar-refractivity contribution in [2.45, 2.75) is 26.7 Å². The van der Waals surface area contributed by atoms with Crippen LogP contribution in [0.3, 0.4) is 0 Å². The number of nitrogens with zero attached hydrogens (tertiary/aromatic N) is 1. The van der Waals surface area contributed by atoms with Crippen molar-refractivity contribution in [3.8, 4) is 0 Å². The summed E-state index contributed by atoms with van der Waals surface area (Å²) in [7, 11) is 0. The third-order valence-corrected chi connectivity index (χ3v) is 2.13. The maximum Gasteiger partial charge on any atom is 0.104 e. The van der Waals surface area contributed by atoms with Crippen LogP contribution in [0.15, 0.2) is 18.2 Å². The van der Waals surface area contributed by atoms with Gasteiger partial charge >= 0.3 is 0 Å². The van der Waals surface area contributed by atoms with Crippen LogP contribution in [-0.4, -0.2) is 9.97 Å². The fourth-order valence-electron chi connectivity index (χ4n) is 1.27. The summed E-state index contributed by atoms with van der Waals surface area (Å²) in [5.41, 5.74) is 3.18. The van der Waals surface area contributed by atoms with Gasteiger partial charge in [-0.3, -0.25) is 0 Å². The highest BCUT2D eigenvalue weighted by molar-refractivity contribution is 6.17. The Labute approximate surface area is 89.3 Å². The zero-order chi connectivity index (χ0) is 10.6. The number of aryl methyl sites for hydroxylation is 1. The SMILES string of the molecule is CC.Cc1nc2ccc(CCl)cc2[nH]1. The lowest BCUT2D eigenvalue weighted by molar-refractivity contribution is 1.17. The molecule has 1 aromatic carbocycles. The first-order valence-electron chi connectivity index (χ1n) is 4.81. The van der Waals surface area contributed by atoms with Gasteiger partial charge in [0.2, 0.25) is 0 Å². The number of rotatable bonds is 1. The summed E-state index contributed by atoms with van der Waals surface area (Å²) in [6.07, 6.45) is 0.